The lowest BCUT2D eigenvalue weighted by atomic mass is 10.0. The summed E-state index contributed by atoms with van der Waals surface area (Å²) in [5.74, 6) is 0.879. The summed E-state index contributed by atoms with van der Waals surface area (Å²) in [5.41, 5.74) is 0. The van der Waals surface area contributed by atoms with Crippen molar-refractivity contribution in [3.8, 4) is 0 Å². The average molecular weight is 353 g/mol. The van der Waals surface area contributed by atoms with Crippen molar-refractivity contribution in [2.75, 3.05) is 38.1 Å². The summed E-state index contributed by atoms with van der Waals surface area (Å²) >= 11 is 0. The second kappa shape index (κ2) is 7.80. The van der Waals surface area contributed by atoms with E-state index in [-0.39, 0.29) is 4.90 Å². The number of anilines is 1. The standard InChI is InChI=1S/C17H28N4O2S/c1-18-24(22,23)16-8-9-17(19-13-16)21-12-6-7-15(14-21)20-10-4-2-3-5-11-20/h8-9,13,15,18H,2-7,10-12,14H2,1H3. The maximum absolute atomic E-state index is 11.8. The fourth-order valence-corrected chi connectivity index (χ4v) is 4.43. The molecule has 0 saturated carbocycles. The number of likely N-dealkylation sites (tertiary alicyclic amines) is 1. The maximum atomic E-state index is 11.8. The molecule has 0 amide bonds. The molecular formula is C17H28N4O2S. The second-order valence-electron chi connectivity index (χ2n) is 6.75. The van der Waals surface area contributed by atoms with Gasteiger partial charge >= 0.3 is 0 Å². The molecule has 0 aliphatic carbocycles. The van der Waals surface area contributed by atoms with Crippen molar-refractivity contribution in [1.82, 2.24) is 14.6 Å². The number of aromatic nitrogens is 1. The molecule has 0 radical (unpaired) electrons. The summed E-state index contributed by atoms with van der Waals surface area (Å²) in [6.07, 6.45) is 9.21. The molecule has 1 N–H and O–H groups in total. The summed E-state index contributed by atoms with van der Waals surface area (Å²) in [6.45, 7) is 4.41. The van der Waals surface area contributed by atoms with Crippen LogP contribution in [0.1, 0.15) is 38.5 Å². The van der Waals surface area contributed by atoms with Crippen molar-refractivity contribution in [2.24, 2.45) is 0 Å². The number of hydrogen-bond donors (Lipinski definition) is 1. The van der Waals surface area contributed by atoms with E-state index >= 15 is 0 Å². The molecule has 0 spiro atoms. The number of nitrogens with zero attached hydrogens (tertiary/aromatic N) is 3. The third-order valence-corrected chi connectivity index (χ3v) is 6.58. The first-order valence-electron chi connectivity index (χ1n) is 8.99. The topological polar surface area (TPSA) is 65.5 Å². The van der Waals surface area contributed by atoms with Gasteiger partial charge in [-0.05, 0) is 58.0 Å². The van der Waals surface area contributed by atoms with E-state index in [4.69, 9.17) is 0 Å². The molecule has 2 saturated heterocycles. The van der Waals surface area contributed by atoms with Crippen LogP contribution < -0.4 is 9.62 Å². The number of sulfonamides is 1. The molecular weight excluding hydrogens is 324 g/mol. The van der Waals surface area contributed by atoms with E-state index in [9.17, 15) is 8.42 Å². The van der Waals surface area contributed by atoms with E-state index in [2.05, 4.69) is 19.5 Å². The Bertz CT molecular complexity index is 624. The summed E-state index contributed by atoms with van der Waals surface area (Å²) in [4.78, 5) is 9.57. The van der Waals surface area contributed by atoms with Crippen LogP contribution in [0.2, 0.25) is 0 Å². The zero-order chi connectivity index (χ0) is 17.0. The third kappa shape index (κ3) is 4.07. The van der Waals surface area contributed by atoms with E-state index in [0.717, 1.165) is 18.9 Å². The minimum absolute atomic E-state index is 0.217. The van der Waals surface area contributed by atoms with Crippen LogP contribution in [0, 0.1) is 0 Å². The monoisotopic (exact) mass is 352 g/mol. The SMILES string of the molecule is CNS(=O)(=O)c1ccc(N2CCCC(N3CCCCCC3)C2)nc1. The minimum Gasteiger partial charge on any atom is -0.355 e. The molecule has 0 aromatic carbocycles. The lowest BCUT2D eigenvalue weighted by Gasteiger charge is -2.39. The Balaban J connectivity index is 1.68. The summed E-state index contributed by atoms with van der Waals surface area (Å²) in [7, 11) is -2.00. The molecule has 24 heavy (non-hydrogen) atoms. The van der Waals surface area contributed by atoms with Crippen LogP contribution in [0.3, 0.4) is 0 Å². The van der Waals surface area contributed by atoms with Crippen molar-refractivity contribution in [1.29, 1.82) is 0 Å². The van der Waals surface area contributed by atoms with Gasteiger partial charge in [0.1, 0.15) is 10.7 Å². The van der Waals surface area contributed by atoms with Crippen LogP contribution in [0.5, 0.6) is 0 Å². The van der Waals surface area contributed by atoms with Gasteiger partial charge in [0, 0.05) is 25.3 Å². The Morgan fingerprint density at radius 2 is 1.83 bits per heavy atom. The lowest BCUT2D eigenvalue weighted by Crippen LogP contribution is -2.48. The molecule has 134 valence electrons. The number of rotatable bonds is 4. The minimum atomic E-state index is -3.42. The summed E-state index contributed by atoms with van der Waals surface area (Å²) in [5, 5.41) is 0. The Labute approximate surface area is 145 Å². The highest BCUT2D eigenvalue weighted by Gasteiger charge is 2.26. The summed E-state index contributed by atoms with van der Waals surface area (Å²) in [6, 6.07) is 4.07. The Kier molecular flexibility index (Phi) is 5.73. The van der Waals surface area contributed by atoms with E-state index in [1.807, 2.05) is 6.07 Å². The molecule has 1 aromatic rings. The third-order valence-electron chi connectivity index (χ3n) is 5.18. The molecule has 3 heterocycles. The molecule has 6 nitrogen and oxygen atoms in total. The van der Waals surface area contributed by atoms with Crippen LogP contribution in [0.15, 0.2) is 23.2 Å². The Hall–Kier alpha value is -1.18. The zero-order valence-corrected chi connectivity index (χ0v) is 15.3. The fourth-order valence-electron chi connectivity index (χ4n) is 3.76. The van der Waals surface area contributed by atoms with Gasteiger partial charge in [-0.3, -0.25) is 4.90 Å². The summed E-state index contributed by atoms with van der Waals surface area (Å²) < 4.78 is 25.9. The van der Waals surface area contributed by atoms with Crippen LogP contribution in [-0.4, -0.2) is 57.6 Å². The van der Waals surface area contributed by atoms with Gasteiger partial charge in [-0.1, -0.05) is 12.8 Å². The highest BCUT2D eigenvalue weighted by atomic mass is 32.2. The average Bonchev–Trinajstić information content (AvgIpc) is 2.91. The van der Waals surface area contributed by atoms with Crippen molar-refractivity contribution < 1.29 is 8.42 Å². The van der Waals surface area contributed by atoms with Gasteiger partial charge in [-0.2, -0.15) is 0 Å². The molecule has 1 atom stereocenters. The van der Waals surface area contributed by atoms with E-state index in [1.165, 1.54) is 64.9 Å². The number of nitrogens with one attached hydrogen (secondary N) is 1. The van der Waals surface area contributed by atoms with E-state index in [0.29, 0.717) is 6.04 Å². The van der Waals surface area contributed by atoms with Gasteiger partial charge in [0.2, 0.25) is 10.0 Å². The lowest BCUT2D eigenvalue weighted by molar-refractivity contribution is 0.182. The number of hydrogen-bond acceptors (Lipinski definition) is 5. The van der Waals surface area contributed by atoms with Gasteiger partial charge in [0.15, 0.2) is 0 Å². The van der Waals surface area contributed by atoms with Crippen molar-refractivity contribution in [2.45, 2.75) is 49.5 Å². The highest BCUT2D eigenvalue weighted by molar-refractivity contribution is 7.89. The van der Waals surface area contributed by atoms with Gasteiger partial charge in [0.25, 0.3) is 0 Å². The Morgan fingerprint density at radius 3 is 2.46 bits per heavy atom. The van der Waals surface area contributed by atoms with Crippen LogP contribution in [0.4, 0.5) is 5.82 Å². The molecule has 7 heteroatoms. The first-order valence-corrected chi connectivity index (χ1v) is 10.5. The van der Waals surface area contributed by atoms with Crippen molar-refractivity contribution >= 4 is 15.8 Å². The molecule has 2 fully saturated rings. The maximum Gasteiger partial charge on any atom is 0.241 e. The molecule has 2 aliphatic rings. The van der Waals surface area contributed by atoms with Crippen LogP contribution in [0.25, 0.3) is 0 Å². The highest BCUT2D eigenvalue weighted by Crippen LogP contribution is 2.23. The number of piperidine rings is 1. The van der Waals surface area contributed by atoms with E-state index in [1.54, 1.807) is 6.07 Å². The molecule has 1 aromatic heterocycles. The predicted octanol–water partition coefficient (Wildman–Crippen LogP) is 1.83. The van der Waals surface area contributed by atoms with E-state index < -0.39 is 10.0 Å². The largest absolute Gasteiger partial charge is 0.355 e. The van der Waals surface area contributed by atoms with Crippen LogP contribution >= 0.6 is 0 Å². The van der Waals surface area contributed by atoms with Gasteiger partial charge in [-0.15, -0.1) is 0 Å². The molecule has 1 unspecified atom stereocenters. The molecule has 2 aliphatic heterocycles. The molecule has 3 rings (SSSR count). The van der Waals surface area contributed by atoms with Gasteiger partial charge < -0.3 is 4.90 Å². The second-order valence-corrected chi connectivity index (χ2v) is 8.64. The predicted molar refractivity (Wildman–Crippen MR) is 95.8 cm³/mol. The first-order chi connectivity index (χ1) is 11.6. The van der Waals surface area contributed by atoms with Crippen molar-refractivity contribution in [3.05, 3.63) is 18.3 Å². The van der Waals surface area contributed by atoms with Crippen molar-refractivity contribution in [3.63, 3.8) is 0 Å². The van der Waals surface area contributed by atoms with Crippen LogP contribution in [-0.2, 0) is 10.0 Å². The Morgan fingerprint density at radius 1 is 1.08 bits per heavy atom. The fraction of sp³-hybridized carbons (Fsp3) is 0.706. The molecule has 0 bridgehead atoms. The smallest absolute Gasteiger partial charge is 0.241 e. The first kappa shape index (κ1) is 17.6. The quantitative estimate of drug-likeness (QED) is 0.896. The zero-order valence-electron chi connectivity index (χ0n) is 14.4. The number of pyridine rings is 1. The van der Waals surface area contributed by atoms with Gasteiger partial charge in [-0.25, -0.2) is 18.1 Å². The van der Waals surface area contributed by atoms with Gasteiger partial charge in [0.05, 0.1) is 0 Å². The normalized spacial score (nSPS) is 23.9.